The van der Waals surface area contributed by atoms with Crippen molar-refractivity contribution in [3.05, 3.63) is 175 Å². The molecule has 1 aliphatic heterocycles. The molecule has 2 aromatic heterocycles. The molecular formula is C55H53N4OPt-3. The number of ether oxygens (including phenoxy) is 1. The van der Waals surface area contributed by atoms with Gasteiger partial charge in [0.25, 0.3) is 0 Å². The zero-order valence-electron chi connectivity index (χ0n) is 36.5. The van der Waals surface area contributed by atoms with E-state index in [9.17, 15) is 0 Å². The Balaban J connectivity index is 0.00000514. The number of hydrogen-bond donors (Lipinski definition) is 0. The van der Waals surface area contributed by atoms with Crippen LogP contribution in [0, 0.1) is 18.8 Å². The van der Waals surface area contributed by atoms with E-state index < -0.39 is 0 Å². The summed E-state index contributed by atoms with van der Waals surface area (Å²) in [6, 6.07) is 52.8. The number of hydrogen-bond acceptors (Lipinski definition) is 4. The summed E-state index contributed by atoms with van der Waals surface area (Å²) < 4.78 is 9.19. The molecule has 61 heavy (non-hydrogen) atoms. The fraction of sp³-hybridized carbons (Fsp3) is 0.236. The molecule has 3 heterocycles. The number of nitrogens with zero attached hydrogens (tertiary/aromatic N) is 4. The van der Waals surface area contributed by atoms with Gasteiger partial charge in [0.15, 0.2) is 0 Å². The van der Waals surface area contributed by atoms with Gasteiger partial charge < -0.3 is 19.1 Å². The van der Waals surface area contributed by atoms with Gasteiger partial charge >= 0.3 is 0 Å². The molecule has 0 saturated carbocycles. The molecule has 6 heteroatoms. The largest absolute Gasteiger partial charge is 0.509 e. The summed E-state index contributed by atoms with van der Waals surface area (Å²) in [4.78, 5) is 9.39. The van der Waals surface area contributed by atoms with Gasteiger partial charge in [-0.15, -0.1) is 53.6 Å². The van der Waals surface area contributed by atoms with E-state index in [1.807, 2.05) is 12.3 Å². The van der Waals surface area contributed by atoms with E-state index in [0.717, 1.165) is 55.9 Å². The molecule has 0 saturated heterocycles. The van der Waals surface area contributed by atoms with Gasteiger partial charge in [-0.1, -0.05) is 128 Å². The zero-order chi connectivity index (χ0) is 41.9. The van der Waals surface area contributed by atoms with Gasteiger partial charge in [-0.3, -0.25) is 0 Å². The number of aromatic nitrogens is 2. The zero-order valence-corrected chi connectivity index (χ0v) is 38.8. The van der Waals surface area contributed by atoms with Gasteiger partial charge in [0.05, 0.1) is 0 Å². The van der Waals surface area contributed by atoms with Crippen LogP contribution < -0.4 is 14.5 Å². The van der Waals surface area contributed by atoms with Crippen molar-refractivity contribution in [3.8, 4) is 28.4 Å². The minimum atomic E-state index is -0.0294. The Morgan fingerprint density at radius 2 is 1.28 bits per heavy atom. The van der Waals surface area contributed by atoms with Crippen LogP contribution >= 0.6 is 0 Å². The fourth-order valence-corrected chi connectivity index (χ4v) is 8.54. The summed E-state index contributed by atoms with van der Waals surface area (Å²) >= 11 is 0. The van der Waals surface area contributed by atoms with E-state index in [2.05, 4.69) is 217 Å². The number of para-hydroxylation sites is 4. The predicted molar refractivity (Wildman–Crippen MR) is 251 cm³/mol. The van der Waals surface area contributed by atoms with Gasteiger partial charge in [-0.2, -0.15) is 6.07 Å². The summed E-state index contributed by atoms with van der Waals surface area (Å²) in [5.74, 6) is 3.12. The average Bonchev–Trinajstić information content (AvgIpc) is 3.79. The SMILES string of the molecule is CC(C)c1cc(C(C)C)c(-c2cc(Oc3[c-]c4c(cc3)c3ccccc3n4-c3cc(C(C)(C)C)ccn3)[c-]c(N3[CH-]N(c4ccccc4)c4ccccc43)c2)c(C(C)C)c1.[Pt]. The predicted octanol–water partition coefficient (Wildman–Crippen LogP) is 15.3. The monoisotopic (exact) mass is 980 g/mol. The number of pyridine rings is 1. The molecule has 0 radical (unpaired) electrons. The van der Waals surface area contributed by atoms with Crippen molar-refractivity contribution in [2.75, 3.05) is 9.80 Å². The Morgan fingerprint density at radius 3 is 1.95 bits per heavy atom. The topological polar surface area (TPSA) is 33.5 Å². The summed E-state index contributed by atoms with van der Waals surface area (Å²) in [6.45, 7) is 22.7. The third-order valence-electron chi connectivity index (χ3n) is 11.8. The Labute approximate surface area is 376 Å². The van der Waals surface area contributed by atoms with Crippen molar-refractivity contribution in [2.24, 2.45) is 0 Å². The van der Waals surface area contributed by atoms with Crippen molar-refractivity contribution in [1.29, 1.82) is 0 Å². The van der Waals surface area contributed by atoms with Crippen LogP contribution in [-0.4, -0.2) is 9.55 Å². The molecule has 0 fully saturated rings. The molecule has 0 bridgehead atoms. The summed E-state index contributed by atoms with van der Waals surface area (Å²) in [7, 11) is 0. The first-order chi connectivity index (χ1) is 28.9. The van der Waals surface area contributed by atoms with E-state index in [0.29, 0.717) is 29.3 Å². The molecule has 0 amide bonds. The van der Waals surface area contributed by atoms with E-state index >= 15 is 0 Å². The maximum Gasteiger partial charge on any atom is 0.135 e. The van der Waals surface area contributed by atoms with Crippen molar-refractivity contribution in [3.63, 3.8) is 0 Å². The number of benzene rings is 6. The molecule has 9 rings (SSSR count). The third kappa shape index (κ3) is 7.90. The van der Waals surface area contributed by atoms with Gasteiger partial charge in [-0.25, -0.2) is 4.98 Å². The van der Waals surface area contributed by atoms with E-state index in [1.165, 1.54) is 27.8 Å². The standard InChI is InChI=1S/C55H53N4O.Pt/c1-35(2)38-29-47(36(3)4)54(48(30-38)37(5)6)39-27-42(58-34-57(41-17-11-10-12-18-41)50-21-15-16-22-51(50)58)32-44(28-39)60-43-23-24-46-45-19-13-14-20-49(45)59(52(46)33-43)53-31-40(25-26-56-53)55(7,8)9;/h10-31,34-37H,1-9H3;/q-3;. The second-order valence-corrected chi connectivity index (χ2v) is 18.0. The summed E-state index contributed by atoms with van der Waals surface area (Å²) in [5, 5.41) is 2.24. The minimum absolute atomic E-state index is 0. The van der Waals surface area contributed by atoms with E-state index in [1.54, 1.807) is 0 Å². The summed E-state index contributed by atoms with van der Waals surface area (Å²) in [5.41, 5.74) is 13.8. The quantitative estimate of drug-likeness (QED) is 0.135. The van der Waals surface area contributed by atoms with E-state index in [4.69, 9.17) is 9.72 Å². The summed E-state index contributed by atoms with van der Waals surface area (Å²) in [6.07, 6.45) is 1.91. The van der Waals surface area contributed by atoms with Crippen molar-refractivity contribution in [2.45, 2.75) is 85.5 Å². The Bertz CT molecular complexity index is 2840. The Hall–Kier alpha value is -5.64. The number of fused-ring (bicyclic) bond motifs is 4. The van der Waals surface area contributed by atoms with Crippen LogP contribution in [-0.2, 0) is 26.5 Å². The first-order valence-corrected chi connectivity index (χ1v) is 21.3. The molecule has 1 aliphatic rings. The second-order valence-electron chi connectivity index (χ2n) is 18.0. The molecule has 0 unspecified atom stereocenters. The third-order valence-corrected chi connectivity index (χ3v) is 11.8. The van der Waals surface area contributed by atoms with Crippen LogP contribution in [0.5, 0.6) is 11.5 Å². The van der Waals surface area contributed by atoms with Crippen molar-refractivity contribution < 1.29 is 25.8 Å². The van der Waals surface area contributed by atoms with Crippen LogP contribution in [0.15, 0.2) is 134 Å². The van der Waals surface area contributed by atoms with Gasteiger partial charge in [0, 0.05) is 61.3 Å². The molecule has 8 aromatic rings. The second kappa shape index (κ2) is 16.7. The maximum absolute atomic E-state index is 6.98. The van der Waals surface area contributed by atoms with Gasteiger partial charge in [0.1, 0.15) is 5.82 Å². The Kier molecular flexibility index (Phi) is 11.5. The first-order valence-electron chi connectivity index (χ1n) is 21.3. The molecule has 0 N–H and O–H groups in total. The minimum Gasteiger partial charge on any atom is -0.509 e. The van der Waals surface area contributed by atoms with Crippen molar-refractivity contribution in [1.82, 2.24) is 9.55 Å². The van der Waals surface area contributed by atoms with Crippen molar-refractivity contribution >= 4 is 44.6 Å². The molecule has 0 aliphatic carbocycles. The fourth-order valence-electron chi connectivity index (χ4n) is 8.54. The first kappa shape index (κ1) is 42.1. The van der Waals surface area contributed by atoms with Crippen LogP contribution in [0.1, 0.15) is 102 Å². The van der Waals surface area contributed by atoms with Crippen LogP contribution in [0.4, 0.5) is 22.7 Å². The Morgan fingerprint density at radius 1 is 0.623 bits per heavy atom. The van der Waals surface area contributed by atoms with Crippen LogP contribution in [0.2, 0.25) is 0 Å². The molecule has 5 nitrogen and oxygen atoms in total. The van der Waals surface area contributed by atoms with Crippen LogP contribution in [0.25, 0.3) is 38.8 Å². The molecule has 0 atom stereocenters. The van der Waals surface area contributed by atoms with Crippen LogP contribution in [0.3, 0.4) is 0 Å². The smallest absolute Gasteiger partial charge is 0.135 e. The van der Waals surface area contributed by atoms with Gasteiger partial charge in [0.2, 0.25) is 0 Å². The normalized spacial score (nSPS) is 12.9. The molecule has 312 valence electrons. The van der Waals surface area contributed by atoms with E-state index in [-0.39, 0.29) is 26.5 Å². The average molecular weight is 981 g/mol. The number of rotatable bonds is 9. The number of anilines is 4. The maximum atomic E-state index is 6.98. The molecular weight excluding hydrogens is 928 g/mol. The molecule has 0 spiro atoms. The molecule has 6 aromatic carbocycles. The van der Waals surface area contributed by atoms with Gasteiger partial charge in [-0.05, 0) is 98.8 Å².